The summed E-state index contributed by atoms with van der Waals surface area (Å²) in [7, 11) is 0. The molecule has 7 heteroatoms. The van der Waals surface area contributed by atoms with Crippen LogP contribution in [0.5, 0.6) is 0 Å². The molecule has 0 saturated heterocycles. The van der Waals surface area contributed by atoms with E-state index in [0.29, 0.717) is 17.0 Å². The molecule has 66 valence electrons. The van der Waals surface area contributed by atoms with Gasteiger partial charge in [0.1, 0.15) is 11.8 Å². The maximum Gasteiger partial charge on any atom is 0.182 e. The van der Waals surface area contributed by atoms with Gasteiger partial charge in [0.25, 0.3) is 0 Å². The zero-order valence-electron chi connectivity index (χ0n) is 6.19. The Hall–Kier alpha value is -0.930. The van der Waals surface area contributed by atoms with Crippen molar-refractivity contribution in [3.05, 3.63) is 12.7 Å². The lowest BCUT2D eigenvalue weighted by Gasteiger charge is -1.89. The zero-order valence-corrected chi connectivity index (χ0v) is 8.42. The van der Waals surface area contributed by atoms with E-state index in [0.717, 1.165) is 0 Å². The number of nitrogens with two attached hydrogens (primary N) is 1. The fourth-order valence-corrected chi connectivity index (χ4v) is 0.784. The third-order valence-electron chi connectivity index (χ3n) is 1.25. The normalized spacial score (nSPS) is 8.67. The Morgan fingerprint density at radius 1 is 1.25 bits per heavy atom. The molecule has 0 bridgehead atoms. The minimum Gasteiger partial charge on any atom is -0.382 e. The molecule has 2 heterocycles. The number of rotatable bonds is 0. The molecule has 1 unspecified atom stereocenters. The van der Waals surface area contributed by atoms with Gasteiger partial charge in [-0.05, 0) is 0 Å². The number of hydrogen-bond donors (Lipinski definition) is 2. The number of aromatic nitrogens is 4. The third-order valence-corrected chi connectivity index (χ3v) is 1.25. The van der Waals surface area contributed by atoms with Crippen molar-refractivity contribution in [3.8, 4) is 0 Å². The highest BCUT2D eigenvalue weighted by Gasteiger charge is 1.99. The van der Waals surface area contributed by atoms with Crippen molar-refractivity contribution < 1.29 is 0 Å². The van der Waals surface area contributed by atoms with Crippen molar-refractivity contribution in [3.63, 3.8) is 0 Å². The van der Waals surface area contributed by atoms with E-state index < -0.39 is 0 Å². The van der Waals surface area contributed by atoms with E-state index >= 15 is 0 Å². The van der Waals surface area contributed by atoms with E-state index in [1.807, 2.05) is 0 Å². The highest BCUT2D eigenvalue weighted by atomic mass is 35.5. The molecule has 0 fully saturated rings. The average molecular weight is 206 g/mol. The summed E-state index contributed by atoms with van der Waals surface area (Å²) in [6, 6.07) is 0. The topological polar surface area (TPSA) is 80.5 Å². The van der Waals surface area contributed by atoms with Crippen LogP contribution < -0.4 is 5.73 Å². The molecule has 5 nitrogen and oxygen atoms in total. The molecule has 12 heavy (non-hydrogen) atoms. The number of H-pyrrole nitrogens is 1. The molecule has 0 aliphatic carbocycles. The minimum absolute atomic E-state index is 0. The van der Waals surface area contributed by atoms with Crippen molar-refractivity contribution in [2.75, 3.05) is 5.73 Å². The molecule has 2 aromatic rings. The highest BCUT2D eigenvalue weighted by molar-refractivity contribution is 6.92. The third kappa shape index (κ3) is 1.62. The van der Waals surface area contributed by atoms with Gasteiger partial charge in [-0.2, -0.15) is 9.90 Å². The Morgan fingerprint density at radius 2 is 2.00 bits per heavy atom. The molecular formula is C5H9ClN5P. The predicted octanol–water partition coefficient (Wildman–Crippen LogP) is 0.415. The molecule has 0 aromatic carbocycles. The summed E-state index contributed by atoms with van der Waals surface area (Å²) in [5, 5.41) is 0. The number of imidazole rings is 1. The lowest BCUT2D eigenvalue weighted by atomic mass is 10.5. The van der Waals surface area contributed by atoms with Gasteiger partial charge in [-0.15, -0.1) is 12.4 Å². The number of aromatic amines is 1. The maximum atomic E-state index is 5.48. The Kier molecular flexibility index (Phi) is 3.86. The van der Waals surface area contributed by atoms with Crippen LogP contribution in [0.4, 0.5) is 5.82 Å². The molecular weight excluding hydrogens is 197 g/mol. The zero-order chi connectivity index (χ0) is 6.97. The van der Waals surface area contributed by atoms with Crippen LogP contribution in [0.2, 0.25) is 0 Å². The smallest absolute Gasteiger partial charge is 0.182 e. The van der Waals surface area contributed by atoms with Gasteiger partial charge in [0.2, 0.25) is 0 Å². The monoisotopic (exact) mass is 205 g/mol. The van der Waals surface area contributed by atoms with Gasteiger partial charge in [0.15, 0.2) is 11.5 Å². The van der Waals surface area contributed by atoms with E-state index in [1.54, 1.807) is 0 Å². The van der Waals surface area contributed by atoms with Crippen LogP contribution >= 0.6 is 22.3 Å². The number of nitrogen functional groups attached to an aromatic ring is 1. The second kappa shape index (κ2) is 4.18. The average Bonchev–Trinajstić information content (AvgIpc) is 2.36. The second-order valence-electron chi connectivity index (χ2n) is 1.86. The number of nitrogens with one attached hydrogen (secondary N) is 1. The van der Waals surface area contributed by atoms with Gasteiger partial charge < -0.3 is 10.7 Å². The van der Waals surface area contributed by atoms with Crippen LogP contribution in [-0.4, -0.2) is 19.9 Å². The van der Waals surface area contributed by atoms with Crippen molar-refractivity contribution >= 4 is 39.3 Å². The first-order valence-electron chi connectivity index (χ1n) is 2.77. The number of nitrogens with zero attached hydrogens (tertiary/aromatic N) is 3. The van der Waals surface area contributed by atoms with Gasteiger partial charge in [-0.3, -0.25) is 0 Å². The molecule has 0 spiro atoms. The number of hydrogen-bond acceptors (Lipinski definition) is 4. The van der Waals surface area contributed by atoms with E-state index in [4.69, 9.17) is 5.73 Å². The Morgan fingerprint density at radius 3 is 2.67 bits per heavy atom. The van der Waals surface area contributed by atoms with Gasteiger partial charge >= 0.3 is 0 Å². The predicted molar refractivity (Wildman–Crippen MR) is 54.4 cm³/mol. The van der Waals surface area contributed by atoms with E-state index in [2.05, 4.69) is 19.9 Å². The van der Waals surface area contributed by atoms with Crippen molar-refractivity contribution in [1.82, 2.24) is 19.9 Å². The van der Waals surface area contributed by atoms with Crippen LogP contribution in [0.3, 0.4) is 0 Å². The lowest BCUT2D eigenvalue weighted by Crippen LogP contribution is -1.91. The molecule has 3 N–H and O–H groups in total. The lowest BCUT2D eigenvalue weighted by molar-refractivity contribution is 1.21. The van der Waals surface area contributed by atoms with Crippen LogP contribution in [0, 0.1) is 0 Å². The summed E-state index contributed by atoms with van der Waals surface area (Å²) in [4.78, 5) is 14.4. The fourth-order valence-electron chi connectivity index (χ4n) is 0.784. The standard InChI is InChI=1S/C5H5N5.ClH.H3P/c6-4-3-5(9-1-7-3)10-2-8-4;;/h1-2H,(H3,6,7,8,9,10);1H;1H3. The van der Waals surface area contributed by atoms with E-state index in [9.17, 15) is 0 Å². The molecule has 2 rings (SSSR count). The highest BCUT2D eigenvalue weighted by Crippen LogP contribution is 2.09. The first kappa shape index (κ1) is 11.1. The summed E-state index contributed by atoms with van der Waals surface area (Å²) >= 11 is 0. The Labute approximate surface area is 78.2 Å². The molecule has 0 saturated carbocycles. The summed E-state index contributed by atoms with van der Waals surface area (Å²) in [6.07, 6.45) is 2.92. The minimum atomic E-state index is 0. The summed E-state index contributed by atoms with van der Waals surface area (Å²) in [5.41, 5.74) is 6.78. The van der Waals surface area contributed by atoms with Gasteiger partial charge in [0, 0.05) is 0 Å². The largest absolute Gasteiger partial charge is 0.382 e. The quantitative estimate of drug-likeness (QED) is 0.611. The van der Waals surface area contributed by atoms with Gasteiger partial charge in [0.05, 0.1) is 6.33 Å². The van der Waals surface area contributed by atoms with Crippen molar-refractivity contribution in [2.24, 2.45) is 0 Å². The Balaban J connectivity index is 0.000000605. The van der Waals surface area contributed by atoms with E-state index in [1.165, 1.54) is 12.7 Å². The van der Waals surface area contributed by atoms with Crippen molar-refractivity contribution in [2.45, 2.75) is 0 Å². The van der Waals surface area contributed by atoms with Crippen LogP contribution in [0.1, 0.15) is 0 Å². The van der Waals surface area contributed by atoms with Crippen LogP contribution in [-0.2, 0) is 0 Å². The fraction of sp³-hybridized carbons (Fsp3) is 0. The van der Waals surface area contributed by atoms with E-state index in [-0.39, 0.29) is 22.3 Å². The second-order valence-corrected chi connectivity index (χ2v) is 1.86. The molecule has 0 aliphatic heterocycles. The molecule has 2 aromatic heterocycles. The molecule has 1 atom stereocenters. The number of halogens is 1. The molecule has 0 radical (unpaired) electrons. The van der Waals surface area contributed by atoms with Gasteiger partial charge in [-0.1, -0.05) is 0 Å². The van der Waals surface area contributed by atoms with Crippen molar-refractivity contribution in [1.29, 1.82) is 0 Å². The summed E-state index contributed by atoms with van der Waals surface area (Å²) < 4.78 is 0. The van der Waals surface area contributed by atoms with Crippen LogP contribution in [0.25, 0.3) is 11.2 Å². The van der Waals surface area contributed by atoms with Gasteiger partial charge in [-0.25, -0.2) is 15.0 Å². The molecule has 0 aliphatic rings. The first-order valence-corrected chi connectivity index (χ1v) is 2.77. The molecule has 0 amide bonds. The first-order chi connectivity index (χ1) is 4.88. The number of anilines is 1. The Bertz CT molecular complexity index is 361. The number of fused-ring (bicyclic) bond motifs is 1. The SMILES string of the molecule is Cl.Nc1ncnc2nc[nH]c12.P. The summed E-state index contributed by atoms with van der Waals surface area (Å²) in [6.45, 7) is 0. The van der Waals surface area contributed by atoms with Crippen LogP contribution in [0.15, 0.2) is 12.7 Å². The maximum absolute atomic E-state index is 5.48. The summed E-state index contributed by atoms with van der Waals surface area (Å²) in [5.74, 6) is 0.433.